The number of fused-ring (bicyclic) bond motifs is 2. The van der Waals surface area contributed by atoms with Gasteiger partial charge in [0, 0.05) is 0 Å². The van der Waals surface area contributed by atoms with Crippen molar-refractivity contribution in [2.45, 2.75) is 39.0 Å². The van der Waals surface area contributed by atoms with Crippen molar-refractivity contribution in [3.8, 4) is 11.5 Å². The maximum Gasteiger partial charge on any atom is 0.161 e. The Kier molecular flexibility index (Phi) is 4.69. The minimum absolute atomic E-state index is 0.663. The lowest BCUT2D eigenvalue weighted by atomic mass is 9.89. The van der Waals surface area contributed by atoms with Crippen molar-refractivity contribution in [3.05, 3.63) is 23.8 Å². The van der Waals surface area contributed by atoms with E-state index in [0.29, 0.717) is 13.2 Å². The molecule has 3 rings (SSSR count). The largest absolute Gasteiger partial charge is 0.490 e. The maximum atomic E-state index is 6.10. The highest BCUT2D eigenvalue weighted by molar-refractivity contribution is 5.43. The van der Waals surface area contributed by atoms with Crippen LogP contribution in [0.2, 0.25) is 0 Å². The van der Waals surface area contributed by atoms with Crippen LogP contribution >= 0.6 is 0 Å². The Morgan fingerprint density at radius 2 is 2.05 bits per heavy atom. The summed E-state index contributed by atoms with van der Waals surface area (Å²) in [5, 5.41) is 0. The van der Waals surface area contributed by atoms with Crippen LogP contribution in [0.15, 0.2) is 18.2 Å². The number of benzene rings is 1. The molecule has 2 N–H and O–H groups in total. The predicted octanol–water partition coefficient (Wildman–Crippen LogP) is 3.40. The number of hydrogen-bond acceptors (Lipinski definition) is 3. The van der Waals surface area contributed by atoms with Gasteiger partial charge in [-0.25, -0.2) is 0 Å². The van der Waals surface area contributed by atoms with Gasteiger partial charge in [-0.2, -0.15) is 0 Å². The molecule has 1 aromatic rings. The molecule has 0 amide bonds. The van der Waals surface area contributed by atoms with Gasteiger partial charge in [0.25, 0.3) is 0 Å². The summed E-state index contributed by atoms with van der Waals surface area (Å²) in [6.45, 7) is 4.18. The predicted molar refractivity (Wildman–Crippen MR) is 84.8 cm³/mol. The Bertz CT molecular complexity index is 474. The van der Waals surface area contributed by atoms with Crippen LogP contribution in [0.1, 0.15) is 38.2 Å². The summed E-state index contributed by atoms with van der Waals surface area (Å²) < 4.78 is 11.8. The van der Waals surface area contributed by atoms with Gasteiger partial charge in [0.05, 0.1) is 13.2 Å². The fraction of sp³-hybridized carbons (Fsp3) is 0.667. The third-order valence-electron chi connectivity index (χ3n) is 5.08. The van der Waals surface area contributed by atoms with Crippen molar-refractivity contribution in [2.24, 2.45) is 23.5 Å². The van der Waals surface area contributed by atoms with Gasteiger partial charge in [-0.15, -0.1) is 0 Å². The molecular formula is C18H27NO2. The molecule has 1 aromatic carbocycles. The fourth-order valence-corrected chi connectivity index (χ4v) is 4.04. The SMILES string of the molecule is CCOc1cc(CCN)ccc1OCC1CC2CCC1C2. The molecule has 2 aliphatic carbocycles. The molecule has 3 nitrogen and oxygen atoms in total. The third kappa shape index (κ3) is 3.34. The average Bonchev–Trinajstić information content (AvgIpc) is 3.10. The highest BCUT2D eigenvalue weighted by atomic mass is 16.5. The molecule has 3 heteroatoms. The molecule has 0 saturated heterocycles. The van der Waals surface area contributed by atoms with Gasteiger partial charge in [0.15, 0.2) is 11.5 Å². The first-order chi connectivity index (χ1) is 10.3. The monoisotopic (exact) mass is 289 g/mol. The molecule has 3 atom stereocenters. The highest BCUT2D eigenvalue weighted by Crippen LogP contribution is 2.48. The second-order valence-electron chi connectivity index (χ2n) is 6.50. The lowest BCUT2D eigenvalue weighted by Gasteiger charge is -2.22. The molecule has 2 saturated carbocycles. The van der Waals surface area contributed by atoms with Crippen molar-refractivity contribution in [1.82, 2.24) is 0 Å². The van der Waals surface area contributed by atoms with E-state index in [4.69, 9.17) is 15.2 Å². The molecule has 0 heterocycles. The molecule has 3 unspecified atom stereocenters. The van der Waals surface area contributed by atoms with E-state index in [9.17, 15) is 0 Å². The standard InChI is InChI=1S/C18H27NO2/c1-2-20-18-11-13(7-8-19)4-6-17(18)21-12-16-10-14-3-5-15(16)9-14/h4,6,11,14-16H,2-3,5,7-10,12,19H2,1H3. The molecule has 0 aromatic heterocycles. The molecular weight excluding hydrogens is 262 g/mol. The zero-order valence-corrected chi connectivity index (χ0v) is 13.0. The lowest BCUT2D eigenvalue weighted by Crippen LogP contribution is -2.18. The van der Waals surface area contributed by atoms with Crippen LogP contribution in [-0.4, -0.2) is 19.8 Å². The summed E-state index contributed by atoms with van der Waals surface area (Å²) in [6.07, 6.45) is 6.53. The van der Waals surface area contributed by atoms with Gasteiger partial charge < -0.3 is 15.2 Å². The quantitative estimate of drug-likeness (QED) is 0.836. The maximum absolute atomic E-state index is 6.10. The van der Waals surface area contributed by atoms with Gasteiger partial charge in [-0.1, -0.05) is 12.5 Å². The number of rotatable bonds is 7. The van der Waals surface area contributed by atoms with Gasteiger partial charge >= 0.3 is 0 Å². The molecule has 0 spiro atoms. The van der Waals surface area contributed by atoms with Crippen LogP contribution in [0.25, 0.3) is 0 Å². The number of hydrogen-bond donors (Lipinski definition) is 1. The zero-order valence-electron chi connectivity index (χ0n) is 13.0. The van der Waals surface area contributed by atoms with Crippen molar-refractivity contribution in [3.63, 3.8) is 0 Å². The van der Waals surface area contributed by atoms with Crippen LogP contribution in [0.3, 0.4) is 0 Å². The Hall–Kier alpha value is -1.22. The van der Waals surface area contributed by atoms with Gasteiger partial charge in [0.2, 0.25) is 0 Å². The first-order valence-electron chi connectivity index (χ1n) is 8.38. The summed E-state index contributed by atoms with van der Waals surface area (Å²) in [5.74, 6) is 4.39. The highest BCUT2D eigenvalue weighted by Gasteiger charge is 2.39. The van der Waals surface area contributed by atoms with Gasteiger partial charge in [0.1, 0.15) is 0 Å². The normalized spacial score (nSPS) is 27.0. The van der Waals surface area contributed by atoms with Crippen LogP contribution in [0.5, 0.6) is 11.5 Å². The van der Waals surface area contributed by atoms with E-state index >= 15 is 0 Å². The summed E-state index contributed by atoms with van der Waals surface area (Å²) >= 11 is 0. The Morgan fingerprint density at radius 3 is 2.71 bits per heavy atom. The van der Waals surface area contributed by atoms with E-state index in [2.05, 4.69) is 12.1 Å². The molecule has 0 aliphatic heterocycles. The molecule has 2 fully saturated rings. The Labute approximate surface area is 127 Å². The Morgan fingerprint density at radius 1 is 1.14 bits per heavy atom. The molecule has 2 bridgehead atoms. The average molecular weight is 289 g/mol. The van der Waals surface area contributed by atoms with E-state index in [0.717, 1.165) is 42.3 Å². The lowest BCUT2D eigenvalue weighted by molar-refractivity contribution is 0.187. The third-order valence-corrected chi connectivity index (χ3v) is 5.08. The van der Waals surface area contributed by atoms with Crippen LogP contribution < -0.4 is 15.2 Å². The fourth-order valence-electron chi connectivity index (χ4n) is 4.04. The topological polar surface area (TPSA) is 44.5 Å². The summed E-state index contributed by atoms with van der Waals surface area (Å²) in [5.41, 5.74) is 6.84. The minimum atomic E-state index is 0.663. The van der Waals surface area contributed by atoms with E-state index in [-0.39, 0.29) is 0 Å². The molecule has 0 radical (unpaired) electrons. The number of ether oxygens (including phenoxy) is 2. The van der Waals surface area contributed by atoms with Gasteiger partial charge in [-0.3, -0.25) is 0 Å². The van der Waals surface area contributed by atoms with Crippen LogP contribution in [0, 0.1) is 17.8 Å². The van der Waals surface area contributed by atoms with E-state index in [1.54, 1.807) is 0 Å². The Balaban J connectivity index is 1.63. The van der Waals surface area contributed by atoms with Crippen LogP contribution in [-0.2, 0) is 6.42 Å². The number of nitrogens with two attached hydrogens (primary N) is 1. The van der Waals surface area contributed by atoms with Crippen molar-refractivity contribution in [1.29, 1.82) is 0 Å². The van der Waals surface area contributed by atoms with Crippen LogP contribution in [0.4, 0.5) is 0 Å². The van der Waals surface area contributed by atoms with E-state index < -0.39 is 0 Å². The van der Waals surface area contributed by atoms with Crippen molar-refractivity contribution < 1.29 is 9.47 Å². The minimum Gasteiger partial charge on any atom is -0.490 e. The molecule has 2 aliphatic rings. The smallest absolute Gasteiger partial charge is 0.161 e. The first kappa shape index (κ1) is 14.7. The first-order valence-corrected chi connectivity index (χ1v) is 8.38. The van der Waals surface area contributed by atoms with Crippen molar-refractivity contribution in [2.75, 3.05) is 19.8 Å². The van der Waals surface area contributed by atoms with Crippen molar-refractivity contribution >= 4 is 0 Å². The molecule has 116 valence electrons. The van der Waals surface area contributed by atoms with E-state index in [1.807, 2.05) is 13.0 Å². The summed E-state index contributed by atoms with van der Waals surface area (Å²) in [4.78, 5) is 0. The molecule has 21 heavy (non-hydrogen) atoms. The van der Waals surface area contributed by atoms with E-state index in [1.165, 1.54) is 31.2 Å². The zero-order chi connectivity index (χ0) is 14.7. The van der Waals surface area contributed by atoms with Gasteiger partial charge in [-0.05, 0) is 74.6 Å². The summed E-state index contributed by atoms with van der Waals surface area (Å²) in [6, 6.07) is 6.22. The second-order valence-corrected chi connectivity index (χ2v) is 6.50. The summed E-state index contributed by atoms with van der Waals surface area (Å²) in [7, 11) is 0. The second kappa shape index (κ2) is 6.69.